The van der Waals surface area contributed by atoms with Crippen LogP contribution in [0.15, 0.2) is 42.5 Å². The molecule has 0 aromatic heterocycles. The normalized spacial score (nSPS) is 19.0. The SMILES string of the molecule is CN1c2cc(C(=O)Nc3cccc(Cl)c3)ccc2C(=O)N2CCCCC21. The highest BCUT2D eigenvalue weighted by molar-refractivity contribution is 6.31. The molecule has 2 heterocycles. The largest absolute Gasteiger partial charge is 0.354 e. The van der Waals surface area contributed by atoms with E-state index in [9.17, 15) is 9.59 Å². The van der Waals surface area contributed by atoms with Crippen LogP contribution in [0.2, 0.25) is 5.02 Å². The molecule has 0 aliphatic carbocycles. The highest BCUT2D eigenvalue weighted by Gasteiger charge is 2.37. The van der Waals surface area contributed by atoms with Gasteiger partial charge < -0.3 is 15.1 Å². The molecular formula is C20H20ClN3O2. The summed E-state index contributed by atoms with van der Waals surface area (Å²) in [5, 5.41) is 3.42. The van der Waals surface area contributed by atoms with Gasteiger partial charge in [0.2, 0.25) is 0 Å². The summed E-state index contributed by atoms with van der Waals surface area (Å²) < 4.78 is 0. The van der Waals surface area contributed by atoms with Crippen molar-refractivity contribution < 1.29 is 9.59 Å². The highest BCUT2D eigenvalue weighted by Crippen LogP contribution is 2.35. The minimum absolute atomic E-state index is 0.0598. The van der Waals surface area contributed by atoms with Crippen LogP contribution in [0.3, 0.4) is 0 Å². The van der Waals surface area contributed by atoms with Gasteiger partial charge in [-0.05, 0) is 55.7 Å². The van der Waals surface area contributed by atoms with Crippen molar-refractivity contribution in [2.24, 2.45) is 0 Å². The van der Waals surface area contributed by atoms with Gasteiger partial charge in [0.05, 0.1) is 11.3 Å². The van der Waals surface area contributed by atoms with E-state index >= 15 is 0 Å². The summed E-state index contributed by atoms with van der Waals surface area (Å²) in [5.74, 6) is -0.161. The van der Waals surface area contributed by atoms with Gasteiger partial charge in [0, 0.05) is 29.9 Å². The molecule has 1 unspecified atom stereocenters. The average Bonchev–Trinajstić information content (AvgIpc) is 2.65. The second-order valence-electron chi connectivity index (χ2n) is 6.78. The maximum absolute atomic E-state index is 12.8. The zero-order chi connectivity index (χ0) is 18.3. The van der Waals surface area contributed by atoms with E-state index in [0.717, 1.165) is 31.5 Å². The van der Waals surface area contributed by atoms with Crippen LogP contribution >= 0.6 is 11.6 Å². The molecule has 0 radical (unpaired) electrons. The first-order valence-electron chi connectivity index (χ1n) is 8.79. The number of nitrogens with one attached hydrogen (secondary N) is 1. The fourth-order valence-electron chi connectivity index (χ4n) is 3.78. The summed E-state index contributed by atoms with van der Waals surface area (Å²) in [6, 6.07) is 12.3. The summed E-state index contributed by atoms with van der Waals surface area (Å²) >= 11 is 5.97. The molecule has 1 atom stereocenters. The number of hydrogen-bond acceptors (Lipinski definition) is 3. The molecule has 1 saturated heterocycles. The van der Waals surface area contributed by atoms with Crippen molar-refractivity contribution in [3.8, 4) is 0 Å². The van der Waals surface area contributed by atoms with E-state index in [1.54, 1.807) is 42.5 Å². The van der Waals surface area contributed by atoms with Crippen LogP contribution in [0, 0.1) is 0 Å². The standard InChI is InChI=1S/C20H20ClN3O2/c1-23-17-11-13(19(25)22-15-6-4-5-14(21)12-15)8-9-16(17)20(26)24-10-3-2-7-18(23)24/h4-6,8-9,11-12,18H,2-3,7,10H2,1H3,(H,22,25). The molecule has 0 spiro atoms. The minimum atomic E-state index is -0.220. The number of rotatable bonds is 2. The molecule has 4 rings (SSSR count). The van der Waals surface area contributed by atoms with E-state index in [4.69, 9.17) is 11.6 Å². The smallest absolute Gasteiger partial charge is 0.257 e. The lowest BCUT2D eigenvalue weighted by molar-refractivity contribution is 0.0589. The second-order valence-corrected chi connectivity index (χ2v) is 7.22. The predicted molar refractivity (Wildman–Crippen MR) is 103 cm³/mol. The molecule has 2 aliphatic heterocycles. The molecule has 26 heavy (non-hydrogen) atoms. The third kappa shape index (κ3) is 2.92. The monoisotopic (exact) mass is 369 g/mol. The number of nitrogens with zero attached hydrogens (tertiary/aromatic N) is 2. The third-order valence-corrected chi connectivity index (χ3v) is 5.37. The number of hydrogen-bond donors (Lipinski definition) is 1. The lowest BCUT2D eigenvalue weighted by Crippen LogP contribution is -2.55. The maximum Gasteiger partial charge on any atom is 0.257 e. The van der Waals surface area contributed by atoms with Crippen LogP contribution < -0.4 is 10.2 Å². The van der Waals surface area contributed by atoms with Crippen molar-refractivity contribution in [1.82, 2.24) is 4.90 Å². The number of halogens is 1. The Morgan fingerprint density at radius 1 is 1.19 bits per heavy atom. The van der Waals surface area contributed by atoms with Crippen LogP contribution in [0.1, 0.15) is 40.0 Å². The van der Waals surface area contributed by atoms with Gasteiger partial charge in [0.25, 0.3) is 11.8 Å². The molecule has 2 aliphatic rings. The molecule has 5 nitrogen and oxygen atoms in total. The van der Waals surface area contributed by atoms with Crippen LogP contribution in [0.4, 0.5) is 11.4 Å². The summed E-state index contributed by atoms with van der Waals surface area (Å²) in [7, 11) is 1.99. The summed E-state index contributed by atoms with van der Waals surface area (Å²) in [6.07, 6.45) is 3.20. The van der Waals surface area contributed by atoms with Crippen LogP contribution in [-0.4, -0.2) is 36.5 Å². The number of benzene rings is 2. The van der Waals surface area contributed by atoms with Crippen molar-refractivity contribution in [2.75, 3.05) is 23.8 Å². The molecule has 2 aromatic rings. The predicted octanol–water partition coefficient (Wildman–Crippen LogP) is 3.99. The van der Waals surface area contributed by atoms with E-state index in [1.807, 2.05) is 11.9 Å². The van der Waals surface area contributed by atoms with Gasteiger partial charge in [-0.3, -0.25) is 9.59 Å². The van der Waals surface area contributed by atoms with Crippen molar-refractivity contribution in [3.05, 3.63) is 58.6 Å². The van der Waals surface area contributed by atoms with E-state index < -0.39 is 0 Å². The summed E-state index contributed by atoms with van der Waals surface area (Å²) in [5.41, 5.74) is 2.64. The number of fused-ring (bicyclic) bond motifs is 2. The van der Waals surface area contributed by atoms with Crippen LogP contribution in [0.25, 0.3) is 0 Å². The quantitative estimate of drug-likeness (QED) is 0.870. The Hall–Kier alpha value is -2.53. The number of carbonyl (C=O) groups is 2. The fourth-order valence-corrected chi connectivity index (χ4v) is 3.97. The van der Waals surface area contributed by atoms with Crippen LogP contribution in [-0.2, 0) is 0 Å². The first-order valence-corrected chi connectivity index (χ1v) is 9.17. The second kappa shape index (κ2) is 6.65. The van der Waals surface area contributed by atoms with E-state index in [0.29, 0.717) is 21.8 Å². The van der Waals surface area contributed by atoms with Gasteiger partial charge in [0.1, 0.15) is 6.17 Å². The first kappa shape index (κ1) is 16.9. The van der Waals surface area contributed by atoms with Gasteiger partial charge >= 0.3 is 0 Å². The molecular weight excluding hydrogens is 350 g/mol. The zero-order valence-electron chi connectivity index (χ0n) is 14.5. The van der Waals surface area contributed by atoms with Gasteiger partial charge in [-0.15, -0.1) is 0 Å². The van der Waals surface area contributed by atoms with E-state index in [-0.39, 0.29) is 18.0 Å². The maximum atomic E-state index is 12.8. The molecule has 0 bridgehead atoms. The van der Waals surface area contributed by atoms with Crippen molar-refractivity contribution in [3.63, 3.8) is 0 Å². The van der Waals surface area contributed by atoms with Crippen molar-refractivity contribution in [2.45, 2.75) is 25.4 Å². The molecule has 1 fully saturated rings. The Morgan fingerprint density at radius 2 is 2.04 bits per heavy atom. The van der Waals surface area contributed by atoms with Crippen LogP contribution in [0.5, 0.6) is 0 Å². The summed E-state index contributed by atoms with van der Waals surface area (Å²) in [4.78, 5) is 29.5. The molecule has 6 heteroatoms. The van der Waals surface area contributed by atoms with Gasteiger partial charge in [-0.1, -0.05) is 17.7 Å². The highest BCUT2D eigenvalue weighted by atomic mass is 35.5. The van der Waals surface area contributed by atoms with E-state index in [1.165, 1.54) is 0 Å². The molecule has 134 valence electrons. The fraction of sp³-hybridized carbons (Fsp3) is 0.300. The van der Waals surface area contributed by atoms with E-state index in [2.05, 4.69) is 10.2 Å². The Kier molecular flexibility index (Phi) is 4.32. The van der Waals surface area contributed by atoms with Gasteiger partial charge in [0.15, 0.2) is 0 Å². The summed E-state index contributed by atoms with van der Waals surface area (Å²) in [6.45, 7) is 0.796. The van der Waals surface area contributed by atoms with Crippen molar-refractivity contribution >= 4 is 34.8 Å². The minimum Gasteiger partial charge on any atom is -0.354 e. The third-order valence-electron chi connectivity index (χ3n) is 5.13. The Balaban J connectivity index is 1.63. The Bertz CT molecular complexity index is 883. The Morgan fingerprint density at radius 3 is 2.85 bits per heavy atom. The van der Waals surface area contributed by atoms with Gasteiger partial charge in [-0.25, -0.2) is 0 Å². The first-order chi connectivity index (χ1) is 12.5. The van der Waals surface area contributed by atoms with Crippen molar-refractivity contribution in [1.29, 1.82) is 0 Å². The lowest BCUT2D eigenvalue weighted by atomic mass is 9.97. The molecule has 2 amide bonds. The number of carbonyl (C=O) groups excluding carboxylic acids is 2. The zero-order valence-corrected chi connectivity index (χ0v) is 15.3. The molecule has 0 saturated carbocycles. The number of anilines is 2. The Labute approximate surface area is 157 Å². The molecule has 2 aromatic carbocycles. The number of piperidine rings is 1. The number of amides is 2. The van der Waals surface area contributed by atoms with Gasteiger partial charge in [-0.2, -0.15) is 0 Å². The average molecular weight is 370 g/mol. The topological polar surface area (TPSA) is 52.7 Å². The molecule has 1 N–H and O–H groups in total. The lowest BCUT2D eigenvalue weighted by Gasteiger charge is -2.46.